The van der Waals surface area contributed by atoms with Crippen molar-refractivity contribution in [3.8, 4) is 44.5 Å². The van der Waals surface area contributed by atoms with Gasteiger partial charge in [0, 0.05) is 25.2 Å². The first-order chi connectivity index (χ1) is 30.9. The molecule has 8 aromatic rings. The fourth-order valence-electron chi connectivity index (χ4n) is 11.2. The summed E-state index contributed by atoms with van der Waals surface area (Å²) in [4.78, 5) is 2.45. The second kappa shape index (κ2) is 13.8. The van der Waals surface area contributed by atoms with E-state index in [1.54, 1.807) is 6.92 Å². The van der Waals surface area contributed by atoms with Crippen LogP contribution in [-0.4, -0.2) is 0 Å². The Labute approximate surface area is 377 Å². The average molecular weight is 818 g/mol. The molecule has 0 atom stereocenters. The van der Waals surface area contributed by atoms with E-state index in [9.17, 15) is 0 Å². The number of hydrogen-bond donors (Lipinski definition) is 0. The molecule has 0 fully saturated rings. The summed E-state index contributed by atoms with van der Waals surface area (Å²) in [6.45, 7) is 20.3. The first kappa shape index (κ1) is 37.1. The third-order valence-electron chi connectivity index (χ3n) is 14.6. The van der Waals surface area contributed by atoms with Crippen LogP contribution in [0.5, 0.6) is 0 Å². The molecule has 0 radical (unpaired) electrons. The van der Waals surface area contributed by atoms with Crippen molar-refractivity contribution in [3.63, 3.8) is 0 Å². The van der Waals surface area contributed by atoms with Gasteiger partial charge >= 0.3 is 0 Å². The Bertz CT molecular complexity index is 3170. The maximum atomic E-state index is 8.41. The maximum Gasteiger partial charge on any atom is 0.0726 e. The largest absolute Gasteiger partial charge is 0.310 e. The van der Waals surface area contributed by atoms with E-state index in [-0.39, 0.29) is 16.2 Å². The quantitative estimate of drug-likeness (QED) is 0.167. The highest BCUT2D eigenvalue weighted by atomic mass is 15.1. The van der Waals surface area contributed by atoms with Crippen LogP contribution in [0.3, 0.4) is 0 Å². The molecule has 3 aliphatic carbocycles. The number of rotatable bonds is 5. The van der Waals surface area contributed by atoms with Crippen LogP contribution in [0.4, 0.5) is 17.1 Å². The van der Waals surface area contributed by atoms with E-state index in [2.05, 4.69) is 212 Å². The van der Waals surface area contributed by atoms with E-state index in [1.807, 2.05) is 18.2 Å². The van der Waals surface area contributed by atoms with Gasteiger partial charge in [0.15, 0.2) is 0 Å². The van der Waals surface area contributed by atoms with Crippen LogP contribution in [0.2, 0.25) is 0 Å². The standard InChI is InChI=1S/C62H57N/c1-10-39-16-15-17-41(34-39)40-22-26-44(27-23-40)63(45-29-33-54-52(37-45)48-19-11-13-20-53(48)61(54,8)9)46-28-32-51-47-18-12-14-21-55(47)62(58(51)38-46)56-35-42(59(2,3)4)24-30-49(56)50-31-25-43(36-57(50)62)60(5,6)7/h11-38H,10H2,1-9H3/i10D2. The second-order valence-electron chi connectivity index (χ2n) is 20.7. The highest BCUT2D eigenvalue weighted by molar-refractivity contribution is 5.97. The topological polar surface area (TPSA) is 3.24 Å². The van der Waals surface area contributed by atoms with Crippen molar-refractivity contribution >= 4 is 17.1 Å². The molecule has 0 heterocycles. The van der Waals surface area contributed by atoms with Crippen molar-refractivity contribution in [1.82, 2.24) is 0 Å². The molecule has 11 rings (SSSR count). The Morgan fingerprint density at radius 2 is 0.905 bits per heavy atom. The maximum absolute atomic E-state index is 8.41. The van der Waals surface area contributed by atoms with Crippen molar-refractivity contribution in [3.05, 3.63) is 220 Å². The summed E-state index contributed by atoms with van der Waals surface area (Å²) in [5.74, 6) is 0. The zero-order valence-electron chi connectivity index (χ0n) is 40.1. The molecular formula is C62H57N. The van der Waals surface area contributed by atoms with Crippen LogP contribution in [0, 0.1) is 0 Å². The van der Waals surface area contributed by atoms with Gasteiger partial charge in [0.2, 0.25) is 0 Å². The lowest BCUT2D eigenvalue weighted by Crippen LogP contribution is -2.27. The Kier molecular flexibility index (Phi) is 8.12. The number of nitrogens with zero attached hydrogens (tertiary/aromatic N) is 1. The number of fused-ring (bicyclic) bond motifs is 13. The first-order valence-electron chi connectivity index (χ1n) is 23.7. The molecule has 1 nitrogen and oxygen atoms in total. The summed E-state index contributed by atoms with van der Waals surface area (Å²) < 4.78 is 16.8. The van der Waals surface area contributed by atoms with Crippen molar-refractivity contribution in [2.75, 3.05) is 4.90 Å². The van der Waals surface area contributed by atoms with Crippen LogP contribution in [0.1, 0.15) is 115 Å². The summed E-state index contributed by atoms with van der Waals surface area (Å²) in [5.41, 5.74) is 23.8. The van der Waals surface area contributed by atoms with E-state index in [0.717, 1.165) is 28.2 Å². The number of anilines is 3. The van der Waals surface area contributed by atoms with Crippen LogP contribution in [0.15, 0.2) is 170 Å². The zero-order valence-corrected chi connectivity index (χ0v) is 38.1. The molecule has 3 aliphatic rings. The van der Waals surface area contributed by atoms with Gasteiger partial charge in [0.05, 0.1) is 5.41 Å². The molecule has 0 N–H and O–H groups in total. The molecule has 1 heteroatoms. The third-order valence-corrected chi connectivity index (χ3v) is 14.6. The minimum atomic E-state index is -1.43. The van der Waals surface area contributed by atoms with E-state index >= 15 is 0 Å². The molecule has 0 bridgehead atoms. The average Bonchev–Trinajstić information content (AvgIpc) is 3.83. The monoisotopic (exact) mass is 817 g/mol. The van der Waals surface area contributed by atoms with Gasteiger partial charge in [0.1, 0.15) is 0 Å². The van der Waals surface area contributed by atoms with Gasteiger partial charge in [-0.15, -0.1) is 0 Å². The summed E-state index contributed by atoms with van der Waals surface area (Å²) in [7, 11) is 0. The third kappa shape index (κ3) is 5.81. The summed E-state index contributed by atoms with van der Waals surface area (Å²) >= 11 is 0. The first-order valence-corrected chi connectivity index (χ1v) is 22.7. The number of hydrogen-bond acceptors (Lipinski definition) is 1. The normalized spacial score (nSPS) is 15.4. The highest BCUT2D eigenvalue weighted by Gasteiger charge is 2.52. The lowest BCUT2D eigenvalue weighted by molar-refractivity contribution is 0.586. The van der Waals surface area contributed by atoms with Crippen LogP contribution >= 0.6 is 0 Å². The predicted octanol–water partition coefficient (Wildman–Crippen LogP) is 16.6. The van der Waals surface area contributed by atoms with Crippen molar-refractivity contribution in [2.45, 2.75) is 90.3 Å². The smallest absolute Gasteiger partial charge is 0.0726 e. The molecular weight excluding hydrogens is 759 g/mol. The molecule has 0 saturated carbocycles. The van der Waals surface area contributed by atoms with Gasteiger partial charge in [-0.1, -0.05) is 196 Å². The Hall–Kier alpha value is -6.44. The van der Waals surface area contributed by atoms with Crippen LogP contribution in [-0.2, 0) is 28.0 Å². The second-order valence-corrected chi connectivity index (χ2v) is 20.7. The Balaban J connectivity index is 1.17. The Morgan fingerprint density at radius 1 is 0.413 bits per heavy atom. The summed E-state index contributed by atoms with van der Waals surface area (Å²) in [5, 5.41) is 0. The molecule has 1 spiro atoms. The lowest BCUT2D eigenvalue weighted by Gasteiger charge is -2.34. The molecule has 63 heavy (non-hydrogen) atoms. The summed E-state index contributed by atoms with van der Waals surface area (Å²) in [6.07, 6.45) is -1.43. The minimum absolute atomic E-state index is 0.0303. The zero-order chi connectivity index (χ0) is 45.4. The molecule has 0 aliphatic heterocycles. The van der Waals surface area contributed by atoms with Gasteiger partial charge in [-0.05, 0) is 148 Å². The molecule has 310 valence electrons. The van der Waals surface area contributed by atoms with Gasteiger partial charge in [-0.25, -0.2) is 0 Å². The van der Waals surface area contributed by atoms with Gasteiger partial charge in [-0.2, -0.15) is 0 Å². The fraction of sp³-hybridized carbons (Fsp3) is 0.226. The molecule has 0 saturated heterocycles. The lowest BCUT2D eigenvalue weighted by atomic mass is 9.68. The van der Waals surface area contributed by atoms with Gasteiger partial charge in [0.25, 0.3) is 0 Å². The molecule has 8 aromatic carbocycles. The van der Waals surface area contributed by atoms with Crippen molar-refractivity contribution in [1.29, 1.82) is 0 Å². The van der Waals surface area contributed by atoms with Gasteiger partial charge in [-0.3, -0.25) is 0 Å². The summed E-state index contributed by atoms with van der Waals surface area (Å²) in [6, 6.07) is 63.6. The fourth-order valence-corrected chi connectivity index (χ4v) is 11.2. The van der Waals surface area contributed by atoms with Crippen LogP contribution < -0.4 is 4.90 Å². The molecule has 0 aromatic heterocycles. The SMILES string of the molecule is [2H]C([2H])(C)c1cccc(-c2ccc(N(c3ccc4c(c3)-c3ccccc3C4(C)C)c3ccc4c(c3)C3(c5ccccc5-4)c4cc(C(C)(C)C)ccc4-c4ccc(C(C)(C)C)cc43)cc2)c1. The molecule has 0 amide bonds. The van der Waals surface area contributed by atoms with E-state index in [1.165, 1.54) is 77.9 Å². The predicted molar refractivity (Wildman–Crippen MR) is 267 cm³/mol. The Morgan fingerprint density at radius 3 is 1.52 bits per heavy atom. The minimum Gasteiger partial charge on any atom is -0.310 e. The van der Waals surface area contributed by atoms with E-state index in [0.29, 0.717) is 5.56 Å². The van der Waals surface area contributed by atoms with Crippen LogP contribution in [0.25, 0.3) is 44.5 Å². The van der Waals surface area contributed by atoms with Gasteiger partial charge < -0.3 is 4.90 Å². The number of benzene rings is 8. The van der Waals surface area contributed by atoms with Crippen molar-refractivity contribution in [2.24, 2.45) is 0 Å². The number of aryl methyl sites for hydroxylation is 1. The van der Waals surface area contributed by atoms with E-state index in [4.69, 9.17) is 2.74 Å². The van der Waals surface area contributed by atoms with E-state index < -0.39 is 11.8 Å². The molecule has 0 unspecified atom stereocenters. The highest BCUT2D eigenvalue weighted by Crippen LogP contribution is 2.64. The van der Waals surface area contributed by atoms with Crippen molar-refractivity contribution < 1.29 is 2.74 Å².